The van der Waals surface area contributed by atoms with Gasteiger partial charge in [0.05, 0.1) is 6.61 Å². The molecule has 28 heavy (non-hydrogen) atoms. The van der Waals surface area contributed by atoms with Gasteiger partial charge in [0.1, 0.15) is 22.7 Å². The Morgan fingerprint density at radius 1 is 1.21 bits per heavy atom. The number of rotatable bonds is 8. The number of halogens is 4. The fraction of sp³-hybridized carbons (Fsp3) is 0.611. The van der Waals surface area contributed by atoms with E-state index in [4.69, 9.17) is 9.47 Å². The van der Waals surface area contributed by atoms with Crippen molar-refractivity contribution >= 4 is 17.3 Å². The first-order chi connectivity index (χ1) is 12.7. The average molecular weight is 427 g/mol. The minimum absolute atomic E-state index is 0.125. The second kappa shape index (κ2) is 9.43. The van der Waals surface area contributed by atoms with E-state index in [-0.39, 0.29) is 12.2 Å². The zero-order valence-corrected chi connectivity index (χ0v) is 17.2. The summed E-state index contributed by atoms with van der Waals surface area (Å²) in [6.45, 7) is 5.70. The van der Waals surface area contributed by atoms with Crippen LogP contribution in [0.1, 0.15) is 40.2 Å². The maximum absolute atomic E-state index is 14.5. The molecule has 0 heterocycles. The normalized spacial score (nSPS) is 16.9. The molecule has 160 valence electrons. The summed E-state index contributed by atoms with van der Waals surface area (Å²) in [5.74, 6) is -1.93. The number of benzene rings is 1. The molecule has 0 saturated carbocycles. The highest BCUT2D eigenvalue weighted by Gasteiger charge is 2.50. The van der Waals surface area contributed by atoms with Gasteiger partial charge in [0, 0.05) is 16.9 Å². The molecule has 0 aliphatic heterocycles. The summed E-state index contributed by atoms with van der Waals surface area (Å²) in [5.41, 5.74) is -2.08. The summed E-state index contributed by atoms with van der Waals surface area (Å²) in [5, 5.41) is 0. The topological polar surface area (TPSA) is 70.6 Å². The minimum atomic E-state index is -4.73. The summed E-state index contributed by atoms with van der Waals surface area (Å²) in [6.07, 6.45) is -6.64. The molecule has 0 spiro atoms. The highest BCUT2D eigenvalue weighted by molar-refractivity contribution is 7.90. The maximum atomic E-state index is 14.5. The summed E-state index contributed by atoms with van der Waals surface area (Å²) in [7, 11) is 0. The van der Waals surface area contributed by atoms with Crippen LogP contribution in [-0.4, -0.2) is 40.8 Å². The van der Waals surface area contributed by atoms with Crippen LogP contribution in [0.3, 0.4) is 0 Å². The molecule has 3 atom stereocenters. The van der Waals surface area contributed by atoms with Gasteiger partial charge in [0.15, 0.2) is 6.10 Å². The number of hydrogen-bond donors (Lipinski definition) is 1. The molecule has 0 unspecified atom stereocenters. The highest BCUT2D eigenvalue weighted by atomic mass is 32.2. The second-order valence-electron chi connectivity index (χ2n) is 7.22. The number of alkyl halides is 3. The number of carbonyl (C=O) groups excluding carboxylic acids is 1. The number of carbonyl (C=O) groups is 1. The van der Waals surface area contributed by atoms with E-state index in [1.54, 1.807) is 20.8 Å². The molecule has 0 aliphatic carbocycles. The second-order valence-corrected chi connectivity index (χ2v) is 9.19. The third kappa shape index (κ3) is 6.61. The third-order valence-electron chi connectivity index (χ3n) is 3.73. The van der Waals surface area contributed by atoms with Crippen molar-refractivity contribution in [3.63, 3.8) is 0 Å². The first kappa shape index (κ1) is 24.7. The summed E-state index contributed by atoms with van der Waals surface area (Å²) in [4.78, 5) is 12.4. The lowest BCUT2D eigenvalue weighted by Gasteiger charge is -2.39. The van der Waals surface area contributed by atoms with E-state index >= 15 is 0 Å². The van der Waals surface area contributed by atoms with Crippen molar-refractivity contribution in [1.29, 1.82) is 0 Å². The van der Waals surface area contributed by atoms with Crippen LogP contribution in [0.2, 0.25) is 0 Å². The Hall–Kier alpha value is -1.36. The number of nitrogens with one attached hydrogen (secondary N) is 1. The van der Waals surface area contributed by atoms with E-state index in [9.17, 15) is 26.9 Å². The minimum Gasteiger partial charge on any atom is -0.598 e. The predicted octanol–water partition coefficient (Wildman–Crippen LogP) is 3.60. The van der Waals surface area contributed by atoms with Crippen LogP contribution in [0.15, 0.2) is 24.3 Å². The Morgan fingerprint density at radius 2 is 1.79 bits per heavy atom. The van der Waals surface area contributed by atoms with Crippen molar-refractivity contribution in [3.05, 3.63) is 35.6 Å². The van der Waals surface area contributed by atoms with Crippen LogP contribution >= 0.6 is 0 Å². The Bertz CT molecular complexity index is 666. The molecule has 1 aromatic rings. The molecule has 1 N–H and O–H groups in total. The van der Waals surface area contributed by atoms with Gasteiger partial charge in [-0.05, 0) is 40.7 Å². The maximum Gasteiger partial charge on any atom is 0.411 e. The quantitative estimate of drug-likeness (QED) is 0.390. The van der Waals surface area contributed by atoms with E-state index in [0.29, 0.717) is 0 Å². The SMILES string of the molecule is CCOC(=O)[C@@H](OCC(F)(F)F)[C@](C)(N[S@+]([O-])C(C)(C)C)c1ccccc1F. The van der Waals surface area contributed by atoms with Crippen LogP contribution in [0.5, 0.6) is 0 Å². The van der Waals surface area contributed by atoms with Gasteiger partial charge in [-0.1, -0.05) is 18.2 Å². The lowest BCUT2D eigenvalue weighted by Crippen LogP contribution is -2.59. The molecule has 0 radical (unpaired) electrons. The smallest absolute Gasteiger partial charge is 0.411 e. The van der Waals surface area contributed by atoms with Crippen LogP contribution in [-0.2, 0) is 31.2 Å². The van der Waals surface area contributed by atoms with Crippen LogP contribution in [0.4, 0.5) is 17.6 Å². The van der Waals surface area contributed by atoms with Gasteiger partial charge in [-0.25, -0.2) is 9.18 Å². The molecule has 0 bridgehead atoms. The van der Waals surface area contributed by atoms with Gasteiger partial charge in [-0.3, -0.25) is 0 Å². The molecule has 0 amide bonds. The zero-order chi connectivity index (χ0) is 21.8. The number of esters is 1. The molecular formula is C18H25F4NO4S. The Balaban J connectivity index is 3.49. The average Bonchev–Trinajstić information content (AvgIpc) is 2.53. The first-order valence-electron chi connectivity index (χ1n) is 8.52. The monoisotopic (exact) mass is 427 g/mol. The Labute approximate surface area is 165 Å². The van der Waals surface area contributed by atoms with Crippen molar-refractivity contribution in [3.8, 4) is 0 Å². The molecule has 10 heteroatoms. The Kier molecular flexibility index (Phi) is 8.31. The molecule has 0 saturated heterocycles. The van der Waals surface area contributed by atoms with Gasteiger partial charge in [-0.2, -0.15) is 13.2 Å². The van der Waals surface area contributed by atoms with Gasteiger partial charge in [0.25, 0.3) is 0 Å². The van der Waals surface area contributed by atoms with Gasteiger partial charge in [-0.15, -0.1) is 4.72 Å². The lowest BCUT2D eigenvalue weighted by atomic mass is 9.86. The van der Waals surface area contributed by atoms with E-state index in [1.807, 2.05) is 0 Å². The van der Waals surface area contributed by atoms with Crippen molar-refractivity contribution in [2.45, 2.75) is 57.2 Å². The van der Waals surface area contributed by atoms with Crippen LogP contribution in [0, 0.1) is 5.82 Å². The molecule has 0 aliphatic rings. The van der Waals surface area contributed by atoms with Gasteiger partial charge >= 0.3 is 12.1 Å². The number of ether oxygens (including phenoxy) is 2. The fourth-order valence-corrected chi connectivity index (χ4v) is 3.25. The summed E-state index contributed by atoms with van der Waals surface area (Å²) in [6, 6.07) is 5.20. The standard InChI is InChI=1S/C18H25F4NO4S/c1-6-26-15(24)14(27-11-18(20,21)22)17(5,23-28(25)16(2,3)4)12-9-7-8-10-13(12)19/h7-10,14,23H,6,11H2,1-5H3/t14-,17-,28-/m1/s1. The lowest BCUT2D eigenvalue weighted by molar-refractivity contribution is -0.202. The van der Waals surface area contributed by atoms with Crippen LogP contribution < -0.4 is 4.72 Å². The molecule has 5 nitrogen and oxygen atoms in total. The van der Waals surface area contributed by atoms with Crippen molar-refractivity contribution in [2.75, 3.05) is 13.2 Å². The largest absolute Gasteiger partial charge is 0.598 e. The summed E-state index contributed by atoms with van der Waals surface area (Å²) >= 11 is -1.87. The molecular weight excluding hydrogens is 402 g/mol. The molecule has 1 rings (SSSR count). The van der Waals surface area contributed by atoms with E-state index in [2.05, 4.69) is 4.72 Å². The van der Waals surface area contributed by atoms with E-state index in [1.165, 1.54) is 32.0 Å². The molecule has 1 aromatic carbocycles. The van der Waals surface area contributed by atoms with Crippen molar-refractivity contribution in [1.82, 2.24) is 4.72 Å². The predicted molar refractivity (Wildman–Crippen MR) is 97.2 cm³/mol. The molecule has 0 fully saturated rings. The van der Waals surface area contributed by atoms with Crippen molar-refractivity contribution < 1.29 is 36.4 Å². The third-order valence-corrected chi connectivity index (χ3v) is 5.45. The Morgan fingerprint density at radius 3 is 2.25 bits per heavy atom. The molecule has 0 aromatic heterocycles. The fourth-order valence-electron chi connectivity index (χ4n) is 2.34. The summed E-state index contributed by atoms with van der Waals surface area (Å²) < 4.78 is 77.0. The van der Waals surface area contributed by atoms with Crippen molar-refractivity contribution in [2.24, 2.45) is 0 Å². The van der Waals surface area contributed by atoms with E-state index < -0.39 is 52.3 Å². The van der Waals surface area contributed by atoms with E-state index in [0.717, 1.165) is 6.07 Å². The first-order valence-corrected chi connectivity index (χ1v) is 9.67. The van der Waals surface area contributed by atoms with Gasteiger partial charge in [0.2, 0.25) is 0 Å². The van der Waals surface area contributed by atoms with Crippen LogP contribution in [0.25, 0.3) is 0 Å². The highest BCUT2D eigenvalue weighted by Crippen LogP contribution is 2.33. The number of hydrogen-bond acceptors (Lipinski definition) is 5. The zero-order valence-electron chi connectivity index (χ0n) is 16.4. The van der Waals surface area contributed by atoms with Gasteiger partial charge < -0.3 is 14.0 Å².